The average molecular weight is 495 g/mol. The minimum Gasteiger partial charge on any atom is -0.324 e. The first-order chi connectivity index (χ1) is 16.3. The fourth-order valence-electron chi connectivity index (χ4n) is 4.35. The van der Waals surface area contributed by atoms with E-state index in [1.165, 1.54) is 35.4 Å². The molecule has 0 bridgehead atoms. The van der Waals surface area contributed by atoms with Crippen LogP contribution in [0.3, 0.4) is 0 Å². The van der Waals surface area contributed by atoms with Gasteiger partial charge in [-0.05, 0) is 65.8 Å². The number of rotatable bonds is 6. The van der Waals surface area contributed by atoms with E-state index in [-0.39, 0.29) is 15.6 Å². The Morgan fingerprint density at radius 1 is 0.941 bits per heavy atom. The SMILES string of the molecule is O=C(CN(c1ccc(F)c(Cl)c1)S(=O)(=O)c1ccccc1)Nc1ccc2c3c(cccc13)CC2. The number of carbonyl (C=O) groups excluding carboxylic acids is 1. The Balaban J connectivity index is 1.50. The molecule has 0 heterocycles. The topological polar surface area (TPSA) is 66.5 Å². The summed E-state index contributed by atoms with van der Waals surface area (Å²) in [5, 5.41) is 4.69. The van der Waals surface area contributed by atoms with Crippen LogP contribution in [0.5, 0.6) is 0 Å². The molecule has 34 heavy (non-hydrogen) atoms. The van der Waals surface area contributed by atoms with Crippen LogP contribution in [0, 0.1) is 5.82 Å². The van der Waals surface area contributed by atoms with Crippen LogP contribution in [0.15, 0.2) is 83.8 Å². The highest BCUT2D eigenvalue weighted by atomic mass is 35.5. The second-order valence-corrected chi connectivity index (χ2v) is 10.4. The predicted octanol–water partition coefficient (Wildman–Crippen LogP) is 5.56. The number of hydrogen-bond acceptors (Lipinski definition) is 3. The third-order valence-corrected chi connectivity index (χ3v) is 8.04. The maximum atomic E-state index is 13.8. The fourth-order valence-corrected chi connectivity index (χ4v) is 5.96. The smallest absolute Gasteiger partial charge is 0.264 e. The molecule has 0 atom stereocenters. The summed E-state index contributed by atoms with van der Waals surface area (Å²) in [6.45, 7) is -0.512. The molecule has 0 radical (unpaired) electrons. The molecule has 0 saturated heterocycles. The van der Waals surface area contributed by atoms with Gasteiger partial charge in [0.2, 0.25) is 5.91 Å². The molecule has 1 N–H and O–H groups in total. The molecule has 1 aliphatic carbocycles. The van der Waals surface area contributed by atoms with Gasteiger partial charge < -0.3 is 5.32 Å². The number of nitrogens with zero attached hydrogens (tertiary/aromatic N) is 1. The summed E-state index contributed by atoms with van der Waals surface area (Å²) in [6.07, 6.45) is 1.91. The number of anilines is 2. The van der Waals surface area contributed by atoms with Crippen LogP contribution < -0.4 is 9.62 Å². The average Bonchev–Trinajstić information content (AvgIpc) is 3.26. The van der Waals surface area contributed by atoms with Crippen molar-refractivity contribution in [3.63, 3.8) is 0 Å². The number of hydrogen-bond donors (Lipinski definition) is 1. The number of halogens is 2. The van der Waals surface area contributed by atoms with E-state index in [0.29, 0.717) is 5.69 Å². The van der Waals surface area contributed by atoms with Gasteiger partial charge in [0.1, 0.15) is 12.4 Å². The number of aryl methyl sites for hydroxylation is 2. The first-order valence-electron chi connectivity index (χ1n) is 10.7. The lowest BCUT2D eigenvalue weighted by molar-refractivity contribution is -0.114. The lowest BCUT2D eigenvalue weighted by Crippen LogP contribution is -2.38. The third-order valence-electron chi connectivity index (χ3n) is 5.96. The molecule has 1 aliphatic rings. The van der Waals surface area contributed by atoms with E-state index >= 15 is 0 Å². The molecule has 0 unspecified atom stereocenters. The summed E-state index contributed by atoms with van der Waals surface area (Å²) in [4.78, 5) is 13.1. The first-order valence-corrected chi connectivity index (χ1v) is 12.5. The van der Waals surface area contributed by atoms with Gasteiger partial charge in [-0.1, -0.05) is 54.1 Å². The van der Waals surface area contributed by atoms with Crippen molar-refractivity contribution in [2.75, 3.05) is 16.2 Å². The van der Waals surface area contributed by atoms with Gasteiger partial charge in [0, 0.05) is 11.1 Å². The van der Waals surface area contributed by atoms with Crippen LogP contribution in [0.1, 0.15) is 11.1 Å². The van der Waals surface area contributed by atoms with E-state index in [9.17, 15) is 17.6 Å². The monoisotopic (exact) mass is 494 g/mol. The van der Waals surface area contributed by atoms with Gasteiger partial charge in [0.25, 0.3) is 10.0 Å². The van der Waals surface area contributed by atoms with Gasteiger partial charge in [-0.25, -0.2) is 12.8 Å². The molecular formula is C26H20ClFN2O3S. The summed E-state index contributed by atoms with van der Waals surface area (Å²) in [7, 11) is -4.13. The van der Waals surface area contributed by atoms with Gasteiger partial charge in [0.05, 0.1) is 15.6 Å². The molecule has 1 amide bonds. The molecule has 0 aliphatic heterocycles. The molecule has 4 aromatic rings. The van der Waals surface area contributed by atoms with Crippen molar-refractivity contribution in [3.8, 4) is 0 Å². The van der Waals surface area contributed by atoms with Crippen molar-refractivity contribution in [3.05, 3.63) is 101 Å². The molecular weight excluding hydrogens is 475 g/mol. The lowest BCUT2D eigenvalue weighted by Gasteiger charge is -2.24. The Labute approximate surface area is 201 Å². The van der Waals surface area contributed by atoms with E-state index in [4.69, 9.17) is 11.6 Å². The Bertz CT molecular complexity index is 1510. The summed E-state index contributed by atoms with van der Waals surface area (Å²) in [5.74, 6) is -1.21. The molecule has 172 valence electrons. The van der Waals surface area contributed by atoms with Crippen molar-refractivity contribution in [2.45, 2.75) is 17.7 Å². The Hall–Kier alpha value is -3.42. The van der Waals surface area contributed by atoms with Crippen LogP contribution in [0.25, 0.3) is 10.8 Å². The quantitative estimate of drug-likeness (QED) is 0.381. The Morgan fingerprint density at radius 2 is 1.68 bits per heavy atom. The predicted molar refractivity (Wildman–Crippen MR) is 132 cm³/mol. The summed E-state index contributed by atoms with van der Waals surface area (Å²) < 4.78 is 41.6. The maximum absolute atomic E-state index is 13.8. The van der Waals surface area contributed by atoms with Gasteiger partial charge in [-0.3, -0.25) is 9.10 Å². The Kier molecular flexibility index (Phi) is 5.75. The number of sulfonamides is 1. The number of nitrogens with one attached hydrogen (secondary N) is 1. The molecule has 0 fully saturated rings. The summed E-state index contributed by atoms with van der Waals surface area (Å²) in [6, 6.07) is 21.1. The van der Waals surface area contributed by atoms with E-state index in [2.05, 4.69) is 11.4 Å². The van der Waals surface area contributed by atoms with Crippen molar-refractivity contribution in [1.82, 2.24) is 0 Å². The van der Waals surface area contributed by atoms with Crippen molar-refractivity contribution >= 4 is 49.7 Å². The van der Waals surface area contributed by atoms with Crippen LogP contribution in [0.2, 0.25) is 5.02 Å². The van der Waals surface area contributed by atoms with Crippen LogP contribution >= 0.6 is 11.6 Å². The van der Waals surface area contributed by atoms with Gasteiger partial charge >= 0.3 is 0 Å². The van der Waals surface area contributed by atoms with E-state index in [1.807, 2.05) is 24.3 Å². The van der Waals surface area contributed by atoms with Gasteiger partial charge in [-0.15, -0.1) is 0 Å². The van der Waals surface area contributed by atoms with Crippen molar-refractivity contribution in [2.24, 2.45) is 0 Å². The van der Waals surface area contributed by atoms with E-state index in [1.54, 1.807) is 18.2 Å². The van der Waals surface area contributed by atoms with E-state index < -0.39 is 28.3 Å². The lowest BCUT2D eigenvalue weighted by atomic mass is 10.0. The van der Waals surface area contributed by atoms with Crippen LogP contribution in [-0.2, 0) is 27.7 Å². The largest absolute Gasteiger partial charge is 0.324 e. The molecule has 0 saturated carbocycles. The normalized spacial score (nSPS) is 12.6. The molecule has 5 nitrogen and oxygen atoms in total. The molecule has 0 aromatic heterocycles. The number of benzene rings is 4. The third kappa shape index (κ3) is 4.02. The minimum atomic E-state index is -4.13. The zero-order chi connectivity index (χ0) is 23.9. The van der Waals surface area contributed by atoms with Crippen molar-refractivity contribution in [1.29, 1.82) is 0 Å². The molecule has 4 aromatic carbocycles. The second-order valence-electron chi connectivity index (χ2n) is 8.08. The van der Waals surface area contributed by atoms with Crippen LogP contribution in [-0.4, -0.2) is 20.9 Å². The maximum Gasteiger partial charge on any atom is 0.264 e. The zero-order valence-corrected chi connectivity index (χ0v) is 19.5. The molecule has 5 rings (SSSR count). The van der Waals surface area contributed by atoms with Crippen molar-refractivity contribution < 1.29 is 17.6 Å². The highest BCUT2D eigenvalue weighted by molar-refractivity contribution is 7.92. The van der Waals surface area contributed by atoms with Gasteiger partial charge in [0.15, 0.2) is 0 Å². The first kappa shape index (κ1) is 22.4. The molecule has 0 spiro atoms. The highest BCUT2D eigenvalue weighted by Crippen LogP contribution is 2.35. The standard InChI is InChI=1S/C26H20ClFN2O3S/c27-22-15-19(12-13-23(22)28)30(34(32,33)20-6-2-1-3-7-20)16-25(31)29-24-14-11-18-10-9-17-5-4-8-21(24)26(17)18/h1-8,11-15H,9-10,16H2,(H,29,31). The van der Waals surface area contributed by atoms with Crippen LogP contribution in [0.4, 0.5) is 15.8 Å². The summed E-state index contributed by atoms with van der Waals surface area (Å²) >= 11 is 5.92. The minimum absolute atomic E-state index is 0.00795. The fraction of sp³-hybridized carbons (Fsp3) is 0.115. The number of carbonyl (C=O) groups is 1. The summed E-state index contributed by atoms with van der Waals surface area (Å²) in [5.41, 5.74) is 3.17. The number of amides is 1. The van der Waals surface area contributed by atoms with Gasteiger partial charge in [-0.2, -0.15) is 0 Å². The highest BCUT2D eigenvalue weighted by Gasteiger charge is 2.28. The molecule has 8 heteroatoms. The zero-order valence-electron chi connectivity index (χ0n) is 18.0. The Morgan fingerprint density at radius 3 is 2.41 bits per heavy atom. The second kappa shape index (κ2) is 8.74. The van der Waals surface area contributed by atoms with E-state index in [0.717, 1.165) is 34.0 Å².